The average molecular weight is 528 g/mol. The number of ether oxygens (including phenoxy) is 2. The molecule has 0 aliphatic heterocycles. The molecule has 0 N–H and O–H groups in total. The number of aryl methyl sites for hydroxylation is 1. The van der Waals surface area contributed by atoms with E-state index in [0.29, 0.717) is 38.4 Å². The zero-order valence-corrected chi connectivity index (χ0v) is 21.2. The molecule has 0 spiro atoms. The largest absolute Gasteiger partial charge is 0.494 e. The Bertz CT molecular complexity index is 1540. The minimum Gasteiger partial charge on any atom is -0.494 e. The van der Waals surface area contributed by atoms with Crippen molar-refractivity contribution in [3.63, 3.8) is 0 Å². The number of carbonyl (C=O) groups excluding carboxylic acids is 2. The zero-order valence-electron chi connectivity index (χ0n) is 19.6. The predicted octanol–water partition coefficient (Wildman–Crippen LogP) is 5.62. The molecule has 0 bridgehead atoms. The third-order valence-electron chi connectivity index (χ3n) is 5.42. The molecule has 4 rings (SSSR count). The van der Waals surface area contributed by atoms with Crippen LogP contribution in [-0.4, -0.2) is 34.0 Å². The van der Waals surface area contributed by atoms with Crippen molar-refractivity contribution < 1.29 is 31.9 Å². The van der Waals surface area contributed by atoms with E-state index < -0.39 is 21.9 Å². The highest BCUT2D eigenvalue weighted by Crippen LogP contribution is 2.33. The zero-order chi connectivity index (χ0) is 26.0. The van der Waals surface area contributed by atoms with Gasteiger partial charge >= 0.3 is 5.97 Å². The van der Waals surface area contributed by atoms with E-state index in [9.17, 15) is 18.0 Å². The molecule has 0 radical (unpaired) electrons. The summed E-state index contributed by atoms with van der Waals surface area (Å²) in [4.78, 5) is 25.9. The predicted molar refractivity (Wildman–Crippen MR) is 135 cm³/mol. The topological polar surface area (TPSA) is 103 Å². The highest BCUT2D eigenvalue weighted by Gasteiger charge is 2.33. The van der Waals surface area contributed by atoms with Gasteiger partial charge < -0.3 is 13.9 Å². The first-order valence-corrected chi connectivity index (χ1v) is 12.7. The molecule has 1 heterocycles. The third-order valence-corrected chi connectivity index (χ3v) is 7.40. The Morgan fingerprint density at radius 3 is 2.28 bits per heavy atom. The lowest BCUT2D eigenvalue weighted by Crippen LogP contribution is -2.37. The Morgan fingerprint density at radius 2 is 1.67 bits per heavy atom. The van der Waals surface area contributed by atoms with E-state index in [1.54, 1.807) is 6.92 Å². The van der Waals surface area contributed by atoms with Crippen LogP contribution in [0.3, 0.4) is 0 Å². The van der Waals surface area contributed by atoms with Crippen LogP contribution in [-0.2, 0) is 14.8 Å². The number of anilines is 1. The fraction of sp³-hybridized carbons (Fsp3) is 0.154. The van der Waals surface area contributed by atoms with Crippen LogP contribution in [0.15, 0.2) is 76.0 Å². The molecule has 3 aromatic carbocycles. The number of hydrogen-bond donors (Lipinski definition) is 0. The molecule has 1 aromatic heterocycles. The van der Waals surface area contributed by atoms with E-state index in [4.69, 9.17) is 25.5 Å². The maximum atomic E-state index is 13.8. The van der Waals surface area contributed by atoms with Gasteiger partial charge in [0.15, 0.2) is 0 Å². The minimum absolute atomic E-state index is 0.0160. The van der Waals surface area contributed by atoms with Crippen LogP contribution in [0.1, 0.15) is 33.4 Å². The Morgan fingerprint density at radius 1 is 1.00 bits per heavy atom. The van der Waals surface area contributed by atoms with Crippen LogP contribution >= 0.6 is 11.6 Å². The molecule has 0 fully saturated rings. The second-order valence-electron chi connectivity index (χ2n) is 7.69. The second kappa shape index (κ2) is 10.0. The molecule has 8 nitrogen and oxygen atoms in total. The summed E-state index contributed by atoms with van der Waals surface area (Å²) in [7, 11) is -3.16. The quantitative estimate of drug-likeness (QED) is 0.287. The molecule has 0 saturated heterocycles. The number of fused-ring (bicyclic) bond motifs is 1. The van der Waals surface area contributed by atoms with E-state index in [1.165, 1.54) is 73.8 Å². The first-order chi connectivity index (χ1) is 17.2. The summed E-state index contributed by atoms with van der Waals surface area (Å²) in [5.41, 5.74) is 0.605. The molecule has 10 heteroatoms. The van der Waals surface area contributed by atoms with Gasteiger partial charge in [0.2, 0.25) is 0 Å². The van der Waals surface area contributed by atoms with Crippen molar-refractivity contribution in [2.45, 2.75) is 18.7 Å². The Labute approximate surface area is 213 Å². The van der Waals surface area contributed by atoms with Crippen LogP contribution in [0, 0.1) is 6.92 Å². The van der Waals surface area contributed by atoms with Gasteiger partial charge in [0.1, 0.15) is 22.7 Å². The molecule has 1 amide bonds. The number of amides is 1. The average Bonchev–Trinajstić information content (AvgIpc) is 3.19. The van der Waals surface area contributed by atoms with Crippen molar-refractivity contribution in [2.24, 2.45) is 0 Å². The van der Waals surface area contributed by atoms with Crippen LogP contribution in [0.25, 0.3) is 11.0 Å². The number of furan rings is 1. The number of nitrogens with zero attached hydrogens (tertiary/aromatic N) is 1. The molecule has 186 valence electrons. The van der Waals surface area contributed by atoms with Crippen molar-refractivity contribution >= 4 is 50.2 Å². The minimum atomic E-state index is -4.40. The van der Waals surface area contributed by atoms with Gasteiger partial charge in [-0.2, -0.15) is 4.31 Å². The van der Waals surface area contributed by atoms with Crippen molar-refractivity contribution in [3.8, 4) is 5.75 Å². The number of rotatable bonds is 7. The van der Waals surface area contributed by atoms with Crippen molar-refractivity contribution in [1.29, 1.82) is 0 Å². The molecule has 0 unspecified atom stereocenters. The van der Waals surface area contributed by atoms with Gasteiger partial charge in [0.25, 0.3) is 15.9 Å². The summed E-state index contributed by atoms with van der Waals surface area (Å²) < 4.78 is 44.2. The van der Waals surface area contributed by atoms with Crippen LogP contribution in [0.4, 0.5) is 5.69 Å². The number of esters is 1. The summed E-state index contributed by atoms with van der Waals surface area (Å²) in [6.07, 6.45) is 0. The SMILES string of the molecule is CCOc1ccc(S(=O)(=O)N(C(=O)c2ccc(Cl)cc2)c2ccc3oc(C)c(C(=O)OC)c3c2)cc1. The number of hydrogen-bond acceptors (Lipinski definition) is 7. The van der Waals surface area contributed by atoms with Crippen molar-refractivity contribution in [1.82, 2.24) is 0 Å². The lowest BCUT2D eigenvalue weighted by molar-refractivity contribution is 0.0600. The Balaban J connectivity index is 1.91. The Hall–Kier alpha value is -3.82. The highest BCUT2D eigenvalue weighted by atomic mass is 35.5. The number of sulfonamides is 1. The Kier molecular flexibility index (Phi) is 7.05. The summed E-state index contributed by atoms with van der Waals surface area (Å²) in [5, 5.41) is 0.707. The monoisotopic (exact) mass is 527 g/mol. The lowest BCUT2D eigenvalue weighted by atomic mass is 10.1. The van der Waals surface area contributed by atoms with E-state index in [2.05, 4.69) is 0 Å². The summed E-state index contributed by atoms with van der Waals surface area (Å²) in [6.45, 7) is 3.83. The van der Waals surface area contributed by atoms with Crippen molar-refractivity contribution in [2.75, 3.05) is 18.0 Å². The van der Waals surface area contributed by atoms with Crippen LogP contribution < -0.4 is 9.04 Å². The van der Waals surface area contributed by atoms with E-state index >= 15 is 0 Å². The van der Waals surface area contributed by atoms with Gasteiger partial charge in [-0.3, -0.25) is 4.79 Å². The second-order valence-corrected chi connectivity index (χ2v) is 9.91. The first-order valence-electron chi connectivity index (χ1n) is 10.9. The van der Waals surface area contributed by atoms with Crippen molar-refractivity contribution in [3.05, 3.63) is 88.6 Å². The summed E-state index contributed by atoms with van der Waals surface area (Å²) >= 11 is 5.96. The van der Waals surface area contributed by atoms with Gasteiger partial charge in [0.05, 0.1) is 24.3 Å². The fourth-order valence-corrected chi connectivity index (χ4v) is 5.28. The molecule has 0 atom stereocenters. The lowest BCUT2D eigenvalue weighted by Gasteiger charge is -2.23. The fourth-order valence-electron chi connectivity index (χ4n) is 3.74. The smallest absolute Gasteiger partial charge is 0.342 e. The molecular formula is C26H22ClNO7S. The molecular weight excluding hydrogens is 506 g/mol. The summed E-state index contributed by atoms with van der Waals surface area (Å²) in [6, 6.07) is 16.0. The number of benzene rings is 3. The standard InChI is InChI=1S/C26H22ClNO7S/c1-4-34-20-10-12-21(13-11-20)36(31,32)28(25(29)17-5-7-18(27)8-6-17)19-9-14-23-22(15-19)24(16(2)35-23)26(30)33-3/h5-15H,4H2,1-3H3. The maximum Gasteiger partial charge on any atom is 0.342 e. The van der Waals surface area contributed by atoms with E-state index in [0.717, 1.165) is 0 Å². The van der Waals surface area contributed by atoms with Gasteiger partial charge in [-0.15, -0.1) is 0 Å². The molecule has 0 saturated carbocycles. The number of methoxy groups -OCH3 is 1. The maximum absolute atomic E-state index is 13.8. The van der Waals surface area contributed by atoms with Gasteiger partial charge in [-0.1, -0.05) is 11.6 Å². The van der Waals surface area contributed by atoms with Crippen LogP contribution in [0.5, 0.6) is 5.75 Å². The van der Waals surface area contributed by atoms with E-state index in [-0.39, 0.29) is 21.7 Å². The van der Waals surface area contributed by atoms with Gasteiger partial charge in [-0.05, 0) is 80.6 Å². The van der Waals surface area contributed by atoms with Crippen LogP contribution in [0.2, 0.25) is 5.02 Å². The van der Waals surface area contributed by atoms with E-state index in [1.807, 2.05) is 6.92 Å². The third kappa shape index (κ3) is 4.67. The molecule has 0 aliphatic rings. The normalized spacial score (nSPS) is 11.3. The molecule has 4 aromatic rings. The number of carbonyl (C=O) groups is 2. The highest BCUT2D eigenvalue weighted by molar-refractivity contribution is 7.93. The number of halogens is 1. The molecule has 0 aliphatic carbocycles. The van der Waals surface area contributed by atoms with Gasteiger partial charge in [-0.25, -0.2) is 13.2 Å². The molecule has 36 heavy (non-hydrogen) atoms. The first kappa shape index (κ1) is 25.3. The van der Waals surface area contributed by atoms with Gasteiger partial charge in [0, 0.05) is 16.0 Å². The summed E-state index contributed by atoms with van der Waals surface area (Å²) in [5.74, 6) is -0.655.